The standard InChI is InChI=1S/C20H28N2O4S2/c1-15(2)17-5-9-19(10-6-17)27(23,24)21-13-14-22-28(25,26)20-11-7-18(8-12-20)16(3)4/h5-12,15-16,21-22H,13-14H2,1-4H3. The van der Waals surface area contributed by atoms with Crippen LogP contribution >= 0.6 is 0 Å². The van der Waals surface area contributed by atoms with Crippen LogP contribution in [0, 0.1) is 0 Å². The van der Waals surface area contributed by atoms with Crippen LogP contribution in [-0.4, -0.2) is 29.9 Å². The van der Waals surface area contributed by atoms with Gasteiger partial charge in [-0.15, -0.1) is 0 Å². The minimum absolute atomic E-state index is 0.0441. The first-order valence-corrected chi connectivity index (χ1v) is 12.2. The molecule has 0 heterocycles. The average Bonchev–Trinajstić information content (AvgIpc) is 2.65. The largest absolute Gasteiger partial charge is 0.240 e. The van der Waals surface area contributed by atoms with E-state index in [1.807, 2.05) is 27.7 Å². The van der Waals surface area contributed by atoms with Crippen molar-refractivity contribution >= 4 is 20.0 Å². The van der Waals surface area contributed by atoms with Gasteiger partial charge in [0.1, 0.15) is 0 Å². The van der Waals surface area contributed by atoms with Crippen molar-refractivity contribution in [3.63, 3.8) is 0 Å². The summed E-state index contributed by atoms with van der Waals surface area (Å²) in [4.78, 5) is 0.313. The predicted octanol–water partition coefficient (Wildman–Crippen LogP) is 3.19. The van der Waals surface area contributed by atoms with Gasteiger partial charge in [0, 0.05) is 13.1 Å². The highest BCUT2D eigenvalue weighted by atomic mass is 32.2. The van der Waals surface area contributed by atoms with Gasteiger partial charge in [0.15, 0.2) is 0 Å². The fourth-order valence-corrected chi connectivity index (χ4v) is 4.66. The zero-order chi connectivity index (χ0) is 20.9. The number of benzene rings is 2. The molecule has 6 nitrogen and oxygen atoms in total. The van der Waals surface area contributed by atoms with Crippen LogP contribution in [0.25, 0.3) is 0 Å². The minimum atomic E-state index is -3.69. The van der Waals surface area contributed by atoms with Crippen molar-refractivity contribution < 1.29 is 16.8 Å². The van der Waals surface area contributed by atoms with Crippen LogP contribution in [0.1, 0.15) is 50.7 Å². The van der Waals surface area contributed by atoms with E-state index in [0.29, 0.717) is 11.8 Å². The van der Waals surface area contributed by atoms with Gasteiger partial charge in [0.25, 0.3) is 0 Å². The molecule has 0 fully saturated rings. The topological polar surface area (TPSA) is 92.3 Å². The van der Waals surface area contributed by atoms with E-state index in [1.165, 1.54) is 0 Å². The van der Waals surface area contributed by atoms with E-state index in [9.17, 15) is 16.8 Å². The average molecular weight is 425 g/mol. The fourth-order valence-electron chi connectivity index (χ4n) is 2.60. The van der Waals surface area contributed by atoms with Crippen molar-refractivity contribution in [3.8, 4) is 0 Å². The summed E-state index contributed by atoms with van der Waals surface area (Å²) in [5.74, 6) is 0.627. The highest BCUT2D eigenvalue weighted by Crippen LogP contribution is 2.18. The second-order valence-corrected chi connectivity index (χ2v) is 10.8. The van der Waals surface area contributed by atoms with Gasteiger partial charge in [0.2, 0.25) is 20.0 Å². The first kappa shape index (κ1) is 22.5. The molecule has 0 spiro atoms. The van der Waals surface area contributed by atoms with E-state index in [4.69, 9.17) is 0 Å². The molecule has 2 aromatic carbocycles. The predicted molar refractivity (Wildman–Crippen MR) is 111 cm³/mol. The van der Waals surface area contributed by atoms with Gasteiger partial charge in [-0.25, -0.2) is 26.3 Å². The van der Waals surface area contributed by atoms with Gasteiger partial charge in [-0.05, 0) is 47.2 Å². The molecule has 0 saturated carbocycles. The smallest absolute Gasteiger partial charge is 0.210 e. The molecule has 0 saturated heterocycles. The summed E-state index contributed by atoms with van der Waals surface area (Å²) in [5, 5.41) is 0. The van der Waals surface area contributed by atoms with Crippen LogP contribution in [0.5, 0.6) is 0 Å². The summed E-state index contributed by atoms with van der Waals surface area (Å²) in [6.45, 7) is 8.04. The molecule has 0 amide bonds. The zero-order valence-electron chi connectivity index (χ0n) is 16.6. The van der Waals surface area contributed by atoms with Crippen molar-refractivity contribution in [1.29, 1.82) is 0 Å². The van der Waals surface area contributed by atoms with Crippen LogP contribution in [0.4, 0.5) is 0 Å². The van der Waals surface area contributed by atoms with Crippen molar-refractivity contribution in [2.75, 3.05) is 13.1 Å². The molecule has 28 heavy (non-hydrogen) atoms. The van der Waals surface area contributed by atoms with Crippen LogP contribution in [0.15, 0.2) is 58.3 Å². The lowest BCUT2D eigenvalue weighted by Crippen LogP contribution is -2.34. The molecule has 2 rings (SSSR count). The molecular weight excluding hydrogens is 396 g/mol. The maximum Gasteiger partial charge on any atom is 0.240 e. The SMILES string of the molecule is CC(C)c1ccc(S(=O)(=O)NCCNS(=O)(=O)c2ccc(C(C)C)cc2)cc1. The Labute approximate surface area is 168 Å². The molecule has 0 aliphatic rings. The summed E-state index contributed by atoms with van der Waals surface area (Å²) in [5.41, 5.74) is 2.10. The monoisotopic (exact) mass is 424 g/mol. The van der Waals surface area contributed by atoms with E-state index in [-0.39, 0.29) is 22.9 Å². The first-order chi connectivity index (χ1) is 13.0. The van der Waals surface area contributed by atoms with E-state index >= 15 is 0 Å². The van der Waals surface area contributed by atoms with Crippen molar-refractivity contribution in [2.45, 2.75) is 49.3 Å². The molecule has 8 heteroatoms. The Bertz CT molecular complexity index is 896. The van der Waals surface area contributed by atoms with Crippen LogP contribution in [0.2, 0.25) is 0 Å². The molecule has 154 valence electrons. The zero-order valence-corrected chi connectivity index (χ0v) is 18.3. The second-order valence-electron chi connectivity index (χ2n) is 7.24. The Kier molecular flexibility index (Phi) is 7.39. The van der Waals surface area contributed by atoms with E-state index in [1.54, 1.807) is 48.5 Å². The fraction of sp³-hybridized carbons (Fsp3) is 0.400. The lowest BCUT2D eigenvalue weighted by Gasteiger charge is -2.11. The maximum absolute atomic E-state index is 12.3. The first-order valence-electron chi connectivity index (χ1n) is 9.22. The highest BCUT2D eigenvalue weighted by Gasteiger charge is 2.16. The normalized spacial score (nSPS) is 12.6. The third-order valence-electron chi connectivity index (χ3n) is 4.42. The lowest BCUT2D eigenvalue weighted by molar-refractivity contribution is 0.570. The Balaban J connectivity index is 1.93. The summed E-state index contributed by atoms with van der Waals surface area (Å²) < 4.78 is 54.1. The molecule has 0 aliphatic heterocycles. The minimum Gasteiger partial charge on any atom is -0.210 e. The molecule has 0 atom stereocenters. The highest BCUT2D eigenvalue weighted by molar-refractivity contribution is 7.89. The molecule has 0 aliphatic carbocycles. The van der Waals surface area contributed by atoms with E-state index in [2.05, 4.69) is 9.44 Å². The summed E-state index contributed by atoms with van der Waals surface area (Å²) in [6, 6.07) is 13.3. The van der Waals surface area contributed by atoms with Crippen LogP contribution < -0.4 is 9.44 Å². The van der Waals surface area contributed by atoms with Crippen molar-refractivity contribution in [2.24, 2.45) is 0 Å². The number of hydrogen-bond donors (Lipinski definition) is 2. The number of nitrogens with one attached hydrogen (secondary N) is 2. The molecule has 2 N–H and O–H groups in total. The number of rotatable bonds is 9. The summed E-state index contributed by atoms with van der Waals surface area (Å²) in [6.07, 6.45) is 0. The molecule has 0 bridgehead atoms. The number of sulfonamides is 2. The Morgan fingerprint density at radius 3 is 1.14 bits per heavy atom. The third-order valence-corrected chi connectivity index (χ3v) is 7.38. The quantitative estimate of drug-likeness (QED) is 0.605. The Morgan fingerprint density at radius 2 is 0.893 bits per heavy atom. The van der Waals surface area contributed by atoms with Gasteiger partial charge in [-0.1, -0.05) is 52.0 Å². The third kappa shape index (κ3) is 5.88. The van der Waals surface area contributed by atoms with Gasteiger partial charge in [-0.3, -0.25) is 0 Å². The van der Waals surface area contributed by atoms with Crippen LogP contribution in [-0.2, 0) is 20.0 Å². The van der Waals surface area contributed by atoms with Crippen molar-refractivity contribution in [1.82, 2.24) is 9.44 Å². The summed E-state index contributed by atoms with van der Waals surface area (Å²) >= 11 is 0. The summed E-state index contributed by atoms with van der Waals surface area (Å²) in [7, 11) is -7.37. The molecule has 2 aromatic rings. The van der Waals surface area contributed by atoms with Gasteiger partial charge < -0.3 is 0 Å². The molecule has 0 aromatic heterocycles. The molecular formula is C20H28N2O4S2. The maximum atomic E-state index is 12.3. The molecule has 0 radical (unpaired) electrons. The van der Waals surface area contributed by atoms with E-state index in [0.717, 1.165) is 11.1 Å². The lowest BCUT2D eigenvalue weighted by atomic mass is 10.0. The second kappa shape index (κ2) is 9.17. The van der Waals surface area contributed by atoms with Crippen molar-refractivity contribution in [3.05, 3.63) is 59.7 Å². The Morgan fingerprint density at radius 1 is 0.607 bits per heavy atom. The number of hydrogen-bond acceptors (Lipinski definition) is 4. The van der Waals surface area contributed by atoms with Crippen LogP contribution in [0.3, 0.4) is 0 Å². The van der Waals surface area contributed by atoms with E-state index < -0.39 is 20.0 Å². The molecule has 0 unspecified atom stereocenters. The van der Waals surface area contributed by atoms with Gasteiger partial charge >= 0.3 is 0 Å². The van der Waals surface area contributed by atoms with Gasteiger partial charge in [-0.2, -0.15) is 0 Å². The van der Waals surface area contributed by atoms with Gasteiger partial charge in [0.05, 0.1) is 9.79 Å². The Hall–Kier alpha value is -1.74.